The molecular weight excluding hydrogens is 474 g/mol. The van der Waals surface area contributed by atoms with Gasteiger partial charge in [0.2, 0.25) is 5.43 Å². The minimum absolute atomic E-state index is 0.0752. The van der Waals surface area contributed by atoms with Crippen LogP contribution < -0.4 is 10.7 Å². The van der Waals surface area contributed by atoms with E-state index in [4.69, 9.17) is 0 Å². The lowest BCUT2D eigenvalue weighted by molar-refractivity contribution is 0.0949. The van der Waals surface area contributed by atoms with Gasteiger partial charge in [-0.2, -0.15) is 0 Å². The molecule has 0 bridgehead atoms. The first-order valence-electron chi connectivity index (χ1n) is 11.3. The van der Waals surface area contributed by atoms with Crippen molar-refractivity contribution in [2.45, 2.75) is 51.1 Å². The zero-order valence-electron chi connectivity index (χ0n) is 19.6. The molecule has 6 nitrogen and oxygen atoms in total. The first-order chi connectivity index (χ1) is 16.5. The van der Waals surface area contributed by atoms with Crippen molar-refractivity contribution >= 4 is 15.7 Å². The Balaban J connectivity index is 1.69. The maximum atomic E-state index is 13.4. The van der Waals surface area contributed by atoms with Gasteiger partial charge in [-0.05, 0) is 56.0 Å². The molecule has 1 aliphatic heterocycles. The fourth-order valence-electron chi connectivity index (χ4n) is 4.46. The molecule has 4 rings (SSSR count). The average Bonchev–Trinajstić information content (AvgIpc) is 3.11. The minimum atomic E-state index is -3.24. The molecule has 9 heteroatoms. The molecule has 3 aromatic rings. The molecule has 0 saturated carbocycles. The highest BCUT2D eigenvalue weighted by Crippen LogP contribution is 2.28. The Morgan fingerprint density at radius 3 is 2.57 bits per heavy atom. The number of rotatable bonds is 6. The second-order valence-corrected chi connectivity index (χ2v) is 11.0. The van der Waals surface area contributed by atoms with Crippen LogP contribution in [0.3, 0.4) is 0 Å². The molecule has 0 radical (unpaired) electrons. The largest absolute Gasteiger partial charge is 0.348 e. The van der Waals surface area contributed by atoms with Crippen molar-refractivity contribution in [2.75, 3.05) is 5.75 Å². The van der Waals surface area contributed by atoms with Crippen molar-refractivity contribution in [3.63, 3.8) is 0 Å². The Kier molecular flexibility index (Phi) is 6.64. The summed E-state index contributed by atoms with van der Waals surface area (Å²) in [5.41, 5.74) is 1.71. The molecule has 2 aromatic carbocycles. The molecule has 0 spiro atoms. The second kappa shape index (κ2) is 9.37. The molecule has 184 valence electrons. The number of carbonyl (C=O) groups excluding carboxylic acids is 1. The molecule has 0 atom stereocenters. The normalized spacial score (nSPS) is 14.4. The first-order valence-corrected chi connectivity index (χ1v) is 12.9. The number of pyridine rings is 1. The number of aryl methyl sites for hydroxylation is 1. The quantitative estimate of drug-likeness (QED) is 0.536. The number of aromatic nitrogens is 1. The van der Waals surface area contributed by atoms with E-state index in [2.05, 4.69) is 5.32 Å². The van der Waals surface area contributed by atoms with E-state index in [0.29, 0.717) is 22.6 Å². The molecule has 1 N–H and O–H groups in total. The fourth-order valence-corrected chi connectivity index (χ4v) is 6.01. The summed E-state index contributed by atoms with van der Waals surface area (Å²) in [6, 6.07) is 10.5. The molecular formula is C26H26F2N2O4S. The number of carbonyl (C=O) groups is 1. The van der Waals surface area contributed by atoms with E-state index in [-0.39, 0.29) is 35.0 Å². The van der Waals surface area contributed by atoms with Gasteiger partial charge < -0.3 is 9.88 Å². The Bertz CT molecular complexity index is 1480. The predicted octanol–water partition coefficient (Wildman–Crippen LogP) is 4.60. The second-order valence-electron chi connectivity index (χ2n) is 8.95. The summed E-state index contributed by atoms with van der Waals surface area (Å²) in [4.78, 5) is 26.8. The zero-order valence-corrected chi connectivity index (χ0v) is 20.5. The molecule has 0 unspecified atom stereocenters. The lowest BCUT2D eigenvalue weighted by atomic mass is 9.98. The molecule has 0 fully saturated rings. The number of fused-ring (bicyclic) bond motifs is 1. The van der Waals surface area contributed by atoms with E-state index in [1.807, 2.05) is 13.8 Å². The molecule has 0 aliphatic carbocycles. The van der Waals surface area contributed by atoms with Gasteiger partial charge in [-0.25, -0.2) is 17.2 Å². The van der Waals surface area contributed by atoms with Crippen LogP contribution in [0.25, 0.3) is 11.1 Å². The zero-order chi connectivity index (χ0) is 25.5. The van der Waals surface area contributed by atoms with Crippen molar-refractivity contribution in [3.05, 3.63) is 86.8 Å². The molecule has 0 saturated heterocycles. The Morgan fingerprint density at radius 2 is 1.89 bits per heavy atom. The van der Waals surface area contributed by atoms with E-state index >= 15 is 0 Å². The topological polar surface area (TPSA) is 85.2 Å². The van der Waals surface area contributed by atoms with Crippen molar-refractivity contribution in [3.8, 4) is 11.1 Å². The lowest BCUT2D eigenvalue weighted by Crippen LogP contribution is -2.31. The molecule has 1 aliphatic rings. The molecule has 1 aromatic heterocycles. The Hall–Kier alpha value is -3.33. The van der Waals surface area contributed by atoms with Crippen LogP contribution in [0.2, 0.25) is 0 Å². The highest BCUT2D eigenvalue weighted by Gasteiger charge is 2.26. The Morgan fingerprint density at radius 1 is 1.14 bits per heavy atom. The van der Waals surface area contributed by atoms with E-state index in [0.717, 1.165) is 11.1 Å². The van der Waals surface area contributed by atoms with Crippen LogP contribution in [0.1, 0.15) is 59.1 Å². The fraction of sp³-hybridized carbons (Fsp3) is 0.308. The van der Waals surface area contributed by atoms with Crippen LogP contribution in [-0.2, 0) is 22.8 Å². The maximum Gasteiger partial charge on any atom is 0.263 e. The third kappa shape index (κ3) is 4.77. The molecule has 35 heavy (non-hydrogen) atoms. The SMILES string of the molecule is Cc1c(-c2cccc(C(F)F)c2)c(=O)c(C(=O)NCc2ccc3c(c2)CCS3(=O)=O)cn1C(C)C. The van der Waals surface area contributed by atoms with Gasteiger partial charge in [-0.15, -0.1) is 0 Å². The van der Waals surface area contributed by atoms with Crippen LogP contribution >= 0.6 is 0 Å². The lowest BCUT2D eigenvalue weighted by Gasteiger charge is -2.20. The highest BCUT2D eigenvalue weighted by molar-refractivity contribution is 7.91. The summed E-state index contributed by atoms with van der Waals surface area (Å²) < 4.78 is 52.4. The van der Waals surface area contributed by atoms with Crippen LogP contribution in [0.15, 0.2) is 58.4 Å². The van der Waals surface area contributed by atoms with Gasteiger partial charge in [0, 0.05) is 35.6 Å². The average molecular weight is 501 g/mol. The summed E-state index contributed by atoms with van der Waals surface area (Å²) in [5.74, 6) is -0.519. The first kappa shape index (κ1) is 24.8. The summed E-state index contributed by atoms with van der Waals surface area (Å²) in [6.45, 7) is 5.64. The van der Waals surface area contributed by atoms with Crippen LogP contribution in [0, 0.1) is 6.92 Å². The van der Waals surface area contributed by atoms with E-state index in [1.54, 1.807) is 35.8 Å². The van der Waals surface area contributed by atoms with Gasteiger partial charge in [0.15, 0.2) is 9.84 Å². The third-order valence-corrected chi connectivity index (χ3v) is 8.08. The maximum absolute atomic E-state index is 13.4. The summed E-state index contributed by atoms with van der Waals surface area (Å²) in [5, 5.41) is 2.74. The summed E-state index contributed by atoms with van der Waals surface area (Å²) >= 11 is 0. The number of hydrogen-bond donors (Lipinski definition) is 1. The van der Waals surface area contributed by atoms with E-state index < -0.39 is 27.6 Å². The number of sulfone groups is 1. The molecule has 2 heterocycles. The van der Waals surface area contributed by atoms with Gasteiger partial charge in [0.1, 0.15) is 5.56 Å². The van der Waals surface area contributed by atoms with Crippen molar-refractivity contribution < 1.29 is 22.0 Å². The number of halogens is 2. The van der Waals surface area contributed by atoms with Gasteiger partial charge in [-0.3, -0.25) is 9.59 Å². The number of hydrogen-bond acceptors (Lipinski definition) is 4. The number of nitrogens with zero attached hydrogens (tertiary/aromatic N) is 1. The van der Waals surface area contributed by atoms with Crippen molar-refractivity contribution in [1.29, 1.82) is 0 Å². The standard InChI is InChI=1S/C26H26F2N2O4S/c1-15(2)30-14-21(24(31)23(16(30)3)19-5-4-6-20(12-19)25(27)28)26(32)29-13-17-7-8-22-18(11-17)9-10-35(22,33)34/h4-8,11-12,14-15,25H,9-10,13H2,1-3H3,(H,29,32). The smallest absolute Gasteiger partial charge is 0.263 e. The number of alkyl halides is 2. The van der Waals surface area contributed by atoms with Crippen molar-refractivity contribution in [1.82, 2.24) is 9.88 Å². The van der Waals surface area contributed by atoms with Gasteiger partial charge in [-0.1, -0.05) is 30.3 Å². The minimum Gasteiger partial charge on any atom is -0.348 e. The predicted molar refractivity (Wildman–Crippen MR) is 130 cm³/mol. The van der Waals surface area contributed by atoms with Crippen LogP contribution in [-0.4, -0.2) is 24.6 Å². The van der Waals surface area contributed by atoms with Crippen LogP contribution in [0.5, 0.6) is 0 Å². The van der Waals surface area contributed by atoms with Crippen LogP contribution in [0.4, 0.5) is 8.78 Å². The Labute approximate surface area is 202 Å². The van der Waals surface area contributed by atoms with E-state index in [9.17, 15) is 26.8 Å². The summed E-state index contributed by atoms with van der Waals surface area (Å²) in [6.07, 6.45) is -0.762. The monoisotopic (exact) mass is 500 g/mol. The van der Waals surface area contributed by atoms with Gasteiger partial charge in [0.25, 0.3) is 12.3 Å². The van der Waals surface area contributed by atoms with Gasteiger partial charge >= 0.3 is 0 Å². The highest BCUT2D eigenvalue weighted by atomic mass is 32.2. The molecule has 1 amide bonds. The van der Waals surface area contributed by atoms with E-state index in [1.165, 1.54) is 24.4 Å². The van der Waals surface area contributed by atoms with Crippen molar-refractivity contribution in [2.24, 2.45) is 0 Å². The summed E-state index contributed by atoms with van der Waals surface area (Å²) in [7, 11) is -3.24. The third-order valence-electron chi connectivity index (χ3n) is 6.27. The number of nitrogens with one attached hydrogen (secondary N) is 1. The number of amides is 1. The van der Waals surface area contributed by atoms with Gasteiger partial charge in [0.05, 0.1) is 10.6 Å². The number of benzene rings is 2.